The molecule has 2 atom stereocenters. The van der Waals surface area contributed by atoms with Crippen LogP contribution in [0.15, 0.2) is 18.2 Å². The molecule has 1 fully saturated rings. The van der Waals surface area contributed by atoms with Crippen molar-refractivity contribution in [3.8, 4) is 0 Å². The maximum absolute atomic E-state index is 13.7. The van der Waals surface area contributed by atoms with E-state index in [2.05, 4.69) is 0 Å². The monoisotopic (exact) mass is 243 g/mol. The van der Waals surface area contributed by atoms with Gasteiger partial charge in [-0.3, -0.25) is 0 Å². The maximum Gasteiger partial charge on any atom is 0.131 e. The van der Waals surface area contributed by atoms with Crippen LogP contribution in [-0.4, -0.2) is 24.9 Å². The molecule has 17 heavy (non-hydrogen) atoms. The molecule has 0 amide bonds. The highest BCUT2D eigenvalue weighted by molar-refractivity contribution is 5.28. The number of aliphatic hydroxyl groups excluding tert-OH is 1. The average molecular weight is 243 g/mol. The van der Waals surface area contributed by atoms with Gasteiger partial charge in [-0.15, -0.1) is 0 Å². The summed E-state index contributed by atoms with van der Waals surface area (Å²) >= 11 is 0. The molecule has 1 heterocycles. The van der Waals surface area contributed by atoms with Crippen molar-refractivity contribution in [1.82, 2.24) is 0 Å². The largest absolute Gasteiger partial charge is 0.396 e. The van der Waals surface area contributed by atoms with Gasteiger partial charge in [-0.25, -0.2) is 8.78 Å². The summed E-state index contributed by atoms with van der Waals surface area (Å²) in [6, 6.07) is 3.28. The van der Waals surface area contributed by atoms with E-state index in [1.54, 1.807) is 0 Å². The van der Waals surface area contributed by atoms with E-state index in [1.165, 1.54) is 6.07 Å². The van der Waals surface area contributed by atoms with Gasteiger partial charge in [-0.05, 0) is 12.5 Å². The van der Waals surface area contributed by atoms with Gasteiger partial charge >= 0.3 is 0 Å². The van der Waals surface area contributed by atoms with Gasteiger partial charge < -0.3 is 15.6 Å². The average Bonchev–Trinajstić information content (AvgIpc) is 2.29. The molecule has 1 aromatic rings. The molecule has 3 N–H and O–H groups in total. The number of aliphatic hydroxyl groups is 1. The second-order valence-electron chi connectivity index (χ2n) is 4.39. The molecule has 0 aliphatic carbocycles. The summed E-state index contributed by atoms with van der Waals surface area (Å²) in [5.41, 5.74) is 5.24. The number of benzene rings is 1. The van der Waals surface area contributed by atoms with E-state index in [0.717, 1.165) is 12.1 Å². The van der Waals surface area contributed by atoms with Crippen molar-refractivity contribution in [2.45, 2.75) is 12.0 Å². The van der Waals surface area contributed by atoms with E-state index in [0.29, 0.717) is 13.0 Å². The third kappa shape index (κ3) is 2.18. The molecule has 3 nitrogen and oxygen atoms in total. The van der Waals surface area contributed by atoms with E-state index in [9.17, 15) is 13.9 Å². The van der Waals surface area contributed by atoms with Gasteiger partial charge in [0.2, 0.25) is 0 Å². The summed E-state index contributed by atoms with van der Waals surface area (Å²) in [7, 11) is 0. The topological polar surface area (TPSA) is 55.5 Å². The third-order valence-electron chi connectivity index (χ3n) is 3.33. The molecule has 1 aliphatic heterocycles. The number of rotatable bonds is 2. The van der Waals surface area contributed by atoms with Crippen molar-refractivity contribution < 1.29 is 18.6 Å². The Balaban J connectivity index is 2.41. The molecular formula is C12H15F2NO2. The van der Waals surface area contributed by atoms with E-state index in [1.807, 2.05) is 0 Å². The summed E-state index contributed by atoms with van der Waals surface area (Å²) in [4.78, 5) is 0. The molecule has 0 radical (unpaired) electrons. The molecule has 2 unspecified atom stereocenters. The van der Waals surface area contributed by atoms with Crippen molar-refractivity contribution in [2.75, 3.05) is 19.8 Å². The van der Waals surface area contributed by atoms with Gasteiger partial charge in [0, 0.05) is 30.8 Å². The van der Waals surface area contributed by atoms with E-state index >= 15 is 0 Å². The Morgan fingerprint density at radius 2 is 2.24 bits per heavy atom. The van der Waals surface area contributed by atoms with Gasteiger partial charge in [0.25, 0.3) is 0 Å². The normalized spacial score (nSPS) is 29.3. The highest BCUT2D eigenvalue weighted by Crippen LogP contribution is 2.34. The molecule has 2 rings (SSSR count). The number of hydrogen-bond acceptors (Lipinski definition) is 3. The SMILES string of the molecule is NC1(c2ccc(F)cc2F)COCCC1CO. The molecule has 0 bridgehead atoms. The predicted molar refractivity (Wildman–Crippen MR) is 58.2 cm³/mol. The first-order valence-electron chi connectivity index (χ1n) is 5.51. The summed E-state index contributed by atoms with van der Waals surface area (Å²) in [6.07, 6.45) is 0.559. The molecule has 1 saturated heterocycles. The van der Waals surface area contributed by atoms with Crippen LogP contribution in [0, 0.1) is 17.6 Å². The highest BCUT2D eigenvalue weighted by Gasteiger charge is 2.41. The van der Waals surface area contributed by atoms with Crippen LogP contribution in [0.4, 0.5) is 8.78 Å². The number of nitrogens with two attached hydrogens (primary N) is 1. The standard InChI is InChI=1S/C12H15F2NO2/c13-9-1-2-10(11(14)5-9)12(15)7-17-4-3-8(12)6-16/h1-2,5,8,16H,3-4,6-7,15H2. The lowest BCUT2D eigenvalue weighted by Gasteiger charge is -2.40. The van der Waals surface area contributed by atoms with Crippen molar-refractivity contribution in [2.24, 2.45) is 11.7 Å². The Morgan fingerprint density at radius 1 is 1.47 bits per heavy atom. The van der Waals surface area contributed by atoms with E-state index < -0.39 is 17.2 Å². The maximum atomic E-state index is 13.7. The molecule has 0 aromatic heterocycles. The van der Waals surface area contributed by atoms with Crippen LogP contribution in [-0.2, 0) is 10.3 Å². The molecule has 1 aromatic carbocycles. The van der Waals surface area contributed by atoms with Crippen LogP contribution < -0.4 is 5.73 Å². The van der Waals surface area contributed by atoms with Crippen molar-refractivity contribution in [3.63, 3.8) is 0 Å². The molecule has 1 aliphatic rings. The third-order valence-corrected chi connectivity index (χ3v) is 3.33. The summed E-state index contributed by atoms with van der Waals surface area (Å²) in [6.45, 7) is 0.477. The number of halogens is 2. The summed E-state index contributed by atoms with van der Waals surface area (Å²) in [5.74, 6) is -1.63. The summed E-state index contributed by atoms with van der Waals surface area (Å²) in [5, 5.41) is 9.30. The van der Waals surface area contributed by atoms with Crippen LogP contribution >= 0.6 is 0 Å². The Hall–Kier alpha value is -1.04. The lowest BCUT2D eigenvalue weighted by atomic mass is 9.76. The highest BCUT2D eigenvalue weighted by atomic mass is 19.1. The van der Waals surface area contributed by atoms with Crippen LogP contribution in [0.25, 0.3) is 0 Å². The lowest BCUT2D eigenvalue weighted by molar-refractivity contribution is -0.0244. The second-order valence-corrected chi connectivity index (χ2v) is 4.39. The Bertz CT molecular complexity index is 413. The van der Waals surface area contributed by atoms with Gasteiger partial charge in [0.1, 0.15) is 11.6 Å². The minimum atomic E-state index is -1.09. The summed E-state index contributed by atoms with van der Waals surface area (Å²) < 4.78 is 31.9. The molecule has 0 saturated carbocycles. The van der Waals surface area contributed by atoms with Gasteiger partial charge in [-0.2, -0.15) is 0 Å². The number of ether oxygens (including phenoxy) is 1. The van der Waals surface area contributed by atoms with Crippen LogP contribution in [0.5, 0.6) is 0 Å². The zero-order chi connectivity index (χ0) is 12.5. The minimum absolute atomic E-state index is 0.126. The van der Waals surface area contributed by atoms with Gasteiger partial charge in [0.05, 0.1) is 12.1 Å². The smallest absolute Gasteiger partial charge is 0.131 e. The van der Waals surface area contributed by atoms with Crippen LogP contribution in [0.2, 0.25) is 0 Å². The number of hydrogen-bond donors (Lipinski definition) is 2. The zero-order valence-corrected chi connectivity index (χ0v) is 9.33. The first-order valence-corrected chi connectivity index (χ1v) is 5.51. The van der Waals surface area contributed by atoms with Gasteiger partial charge in [-0.1, -0.05) is 6.07 Å². The van der Waals surface area contributed by atoms with Crippen molar-refractivity contribution in [1.29, 1.82) is 0 Å². The second kappa shape index (κ2) is 4.68. The lowest BCUT2D eigenvalue weighted by Crippen LogP contribution is -2.53. The quantitative estimate of drug-likeness (QED) is 0.819. The van der Waals surface area contributed by atoms with Crippen molar-refractivity contribution in [3.05, 3.63) is 35.4 Å². The minimum Gasteiger partial charge on any atom is -0.396 e. The van der Waals surface area contributed by atoms with E-state index in [-0.39, 0.29) is 24.7 Å². The fourth-order valence-electron chi connectivity index (χ4n) is 2.26. The fraction of sp³-hybridized carbons (Fsp3) is 0.500. The van der Waals surface area contributed by atoms with Crippen molar-refractivity contribution >= 4 is 0 Å². The molecule has 94 valence electrons. The predicted octanol–water partition coefficient (Wildman–Crippen LogP) is 1.15. The Morgan fingerprint density at radius 3 is 2.88 bits per heavy atom. The zero-order valence-electron chi connectivity index (χ0n) is 9.33. The van der Waals surface area contributed by atoms with Crippen LogP contribution in [0.3, 0.4) is 0 Å². The van der Waals surface area contributed by atoms with E-state index in [4.69, 9.17) is 10.5 Å². The Kier molecular flexibility index (Phi) is 3.42. The molecule has 0 spiro atoms. The Labute approximate surface area is 98.2 Å². The van der Waals surface area contributed by atoms with Crippen LogP contribution in [0.1, 0.15) is 12.0 Å². The molecular weight excluding hydrogens is 228 g/mol. The fourth-order valence-corrected chi connectivity index (χ4v) is 2.26. The molecule has 5 heteroatoms. The first-order chi connectivity index (χ1) is 8.08. The first kappa shape index (κ1) is 12.4. The van der Waals surface area contributed by atoms with Gasteiger partial charge in [0.15, 0.2) is 0 Å².